The molecule has 0 saturated carbocycles. The minimum absolute atomic E-state index is 0.0312. The Morgan fingerprint density at radius 3 is 2.35 bits per heavy atom. The smallest absolute Gasteiger partial charge is 0.407 e. The topological polar surface area (TPSA) is 193 Å². The average molecular weight is 849 g/mol. The molecule has 8 rings (SSSR count). The summed E-state index contributed by atoms with van der Waals surface area (Å²) in [6.45, 7) is 10.6. The van der Waals surface area contributed by atoms with Crippen molar-refractivity contribution in [3.05, 3.63) is 65.9 Å². The number of H-pyrrole nitrogens is 2. The minimum atomic E-state index is -0.930. The van der Waals surface area contributed by atoms with Crippen molar-refractivity contribution in [1.82, 2.24) is 40.4 Å². The van der Waals surface area contributed by atoms with Gasteiger partial charge in [-0.1, -0.05) is 45.9 Å². The summed E-state index contributed by atoms with van der Waals surface area (Å²) in [5.74, 6) is 1.84. The highest BCUT2D eigenvalue weighted by molar-refractivity contribution is 6.07. The number of carbonyl (C=O) groups excluding carboxylic acids is 4. The molecule has 62 heavy (non-hydrogen) atoms. The van der Waals surface area contributed by atoms with E-state index >= 15 is 0 Å². The summed E-state index contributed by atoms with van der Waals surface area (Å²) in [6.07, 6.45) is 3.01. The number of alkyl carbamates (subject to hydrolysis) is 2. The van der Waals surface area contributed by atoms with Gasteiger partial charge in [-0.15, -0.1) is 0 Å². The van der Waals surface area contributed by atoms with Crippen LogP contribution in [0.1, 0.15) is 89.6 Å². The summed E-state index contributed by atoms with van der Waals surface area (Å²) >= 11 is 0. The lowest BCUT2D eigenvalue weighted by Crippen LogP contribution is -2.54. The quantitative estimate of drug-likeness (QED) is 0.106. The number of likely N-dealkylation sites (tertiary alicyclic amines) is 2. The van der Waals surface area contributed by atoms with E-state index in [9.17, 15) is 19.2 Å². The zero-order chi connectivity index (χ0) is 44.0. The van der Waals surface area contributed by atoms with Crippen molar-refractivity contribution in [2.75, 3.05) is 27.9 Å². The molecule has 5 aromatic rings. The van der Waals surface area contributed by atoms with Gasteiger partial charge < -0.3 is 49.3 Å². The first-order valence-corrected chi connectivity index (χ1v) is 21.5. The van der Waals surface area contributed by atoms with Crippen LogP contribution in [-0.4, -0.2) is 106 Å². The molecule has 4 amide bonds. The van der Waals surface area contributed by atoms with Gasteiger partial charge in [0.1, 0.15) is 36.1 Å². The number of aromatic nitrogens is 4. The second-order valence-electron chi connectivity index (χ2n) is 17.2. The summed E-state index contributed by atoms with van der Waals surface area (Å²) in [5.41, 5.74) is 6.52. The number of benzene rings is 3. The van der Waals surface area contributed by atoms with Gasteiger partial charge in [-0.05, 0) is 90.8 Å². The molecule has 3 aromatic carbocycles. The monoisotopic (exact) mass is 848 g/mol. The summed E-state index contributed by atoms with van der Waals surface area (Å²) in [6, 6.07) is 12.4. The van der Waals surface area contributed by atoms with E-state index in [1.54, 1.807) is 11.8 Å². The molecule has 16 heteroatoms. The second-order valence-corrected chi connectivity index (χ2v) is 17.2. The van der Waals surface area contributed by atoms with Crippen LogP contribution in [0.25, 0.3) is 44.2 Å². The first-order chi connectivity index (χ1) is 29.8. The maximum atomic E-state index is 14.0. The standard InChI is InChI=1S/C46H56N8O8/c1-9-29-12-15-35(54(29)44(56)38(23(2)3)51-45(57)60-7)41-47-20-34(49-41)27-10-13-30-28(17-27)22-62-37-19-31-26(18-32(30)37)11-14-33-40(31)50-42(48-33)36-16-24(4)21-53(36)43(55)39(25(5)59-6)52-46(58)61-8/h10-11,13-14,17-20,23-25,29,35-36,38-39H,9,12,15-16,21-22H2,1-8H3,(H,47,49)(H,48,50)(H,51,57)(H,52,58)/t24-,25+,29-,35-,36-,38?,39-/m0/s1. The number of hydrogen-bond acceptors (Lipinski definition) is 10. The number of nitrogens with one attached hydrogen (secondary N) is 4. The van der Waals surface area contributed by atoms with Gasteiger partial charge in [0.25, 0.3) is 0 Å². The van der Waals surface area contributed by atoms with Crippen molar-refractivity contribution in [3.63, 3.8) is 0 Å². The molecule has 0 radical (unpaired) electrons. The first kappa shape index (κ1) is 42.5. The SMILES string of the molecule is CC[C@H]1CC[C@@H](c2ncc(-c3ccc4c(c3)COc3cc5c(ccc6[nH]c([C@@H]7C[C@H](C)CN7C(=O)[C@@H](NC(=O)OC)[C@@H](C)OC)nc65)cc3-4)[nH]2)N1C(=O)C(NC(=O)OC)C(C)C. The third-order valence-electron chi connectivity index (χ3n) is 12.9. The summed E-state index contributed by atoms with van der Waals surface area (Å²) in [5, 5.41) is 7.34. The fraction of sp³-hybridized carbons (Fsp3) is 0.478. The fourth-order valence-electron chi connectivity index (χ4n) is 9.46. The number of fused-ring (bicyclic) bond motifs is 6. The number of amides is 4. The minimum Gasteiger partial charge on any atom is -0.488 e. The Morgan fingerprint density at radius 2 is 1.65 bits per heavy atom. The van der Waals surface area contributed by atoms with E-state index < -0.39 is 30.4 Å². The highest BCUT2D eigenvalue weighted by Gasteiger charge is 2.43. The summed E-state index contributed by atoms with van der Waals surface area (Å²) in [7, 11) is 4.06. The van der Waals surface area contributed by atoms with Crippen LogP contribution in [-0.2, 0) is 30.4 Å². The van der Waals surface area contributed by atoms with Crippen LogP contribution in [0.5, 0.6) is 5.75 Å². The highest BCUT2D eigenvalue weighted by atomic mass is 16.5. The lowest BCUT2D eigenvalue weighted by molar-refractivity contribution is -0.138. The molecule has 2 fully saturated rings. The van der Waals surface area contributed by atoms with E-state index in [1.807, 2.05) is 31.0 Å². The zero-order valence-corrected chi connectivity index (χ0v) is 36.5. The lowest BCUT2D eigenvalue weighted by Gasteiger charge is -2.34. The summed E-state index contributed by atoms with van der Waals surface area (Å²) < 4.78 is 21.5. The Bertz CT molecular complexity index is 2510. The van der Waals surface area contributed by atoms with Crippen molar-refractivity contribution in [1.29, 1.82) is 0 Å². The molecule has 3 aliphatic rings. The molecule has 0 bridgehead atoms. The van der Waals surface area contributed by atoms with Crippen LogP contribution in [0.15, 0.2) is 48.7 Å². The fourth-order valence-corrected chi connectivity index (χ4v) is 9.46. The molecule has 2 aromatic heterocycles. The van der Waals surface area contributed by atoms with Gasteiger partial charge >= 0.3 is 12.2 Å². The lowest BCUT2D eigenvalue weighted by atomic mass is 9.92. The van der Waals surface area contributed by atoms with E-state index in [2.05, 4.69) is 70.8 Å². The van der Waals surface area contributed by atoms with E-state index in [0.717, 1.165) is 74.8 Å². The first-order valence-electron chi connectivity index (χ1n) is 21.5. The molecule has 0 spiro atoms. The van der Waals surface area contributed by atoms with Gasteiger partial charge in [-0.25, -0.2) is 19.6 Å². The predicted octanol–water partition coefficient (Wildman–Crippen LogP) is 7.16. The summed E-state index contributed by atoms with van der Waals surface area (Å²) in [4.78, 5) is 73.0. The normalized spacial score (nSPS) is 21.0. The third-order valence-corrected chi connectivity index (χ3v) is 12.9. The van der Waals surface area contributed by atoms with E-state index in [-0.39, 0.29) is 41.8 Å². The van der Waals surface area contributed by atoms with Crippen LogP contribution in [0.4, 0.5) is 9.59 Å². The van der Waals surface area contributed by atoms with Crippen molar-refractivity contribution >= 4 is 45.8 Å². The van der Waals surface area contributed by atoms with Crippen molar-refractivity contribution < 1.29 is 38.1 Å². The van der Waals surface area contributed by atoms with Gasteiger partial charge in [-0.3, -0.25) is 9.59 Å². The largest absolute Gasteiger partial charge is 0.488 e. The van der Waals surface area contributed by atoms with E-state index in [4.69, 9.17) is 28.9 Å². The molecule has 5 heterocycles. The average Bonchev–Trinajstić information content (AvgIpc) is 4.11. The number of imidazole rings is 2. The molecule has 4 N–H and O–H groups in total. The van der Waals surface area contributed by atoms with Crippen LogP contribution in [0.2, 0.25) is 0 Å². The number of aromatic amines is 2. The maximum absolute atomic E-state index is 14.0. The number of nitrogens with zero attached hydrogens (tertiary/aromatic N) is 4. The highest BCUT2D eigenvalue weighted by Crippen LogP contribution is 2.44. The van der Waals surface area contributed by atoms with Gasteiger partial charge in [0.2, 0.25) is 11.8 Å². The molecule has 7 atom stereocenters. The molecular weight excluding hydrogens is 793 g/mol. The molecule has 0 aliphatic carbocycles. The van der Waals surface area contributed by atoms with Crippen LogP contribution < -0.4 is 15.4 Å². The number of ether oxygens (including phenoxy) is 4. The van der Waals surface area contributed by atoms with Gasteiger partial charge in [0.05, 0.1) is 55.3 Å². The Balaban J connectivity index is 1.05. The molecular formula is C46H56N8O8. The molecule has 3 aliphatic heterocycles. The molecule has 16 nitrogen and oxygen atoms in total. The number of carbonyl (C=O) groups is 4. The number of hydrogen-bond donors (Lipinski definition) is 4. The Hall–Kier alpha value is -6.16. The molecule has 328 valence electrons. The maximum Gasteiger partial charge on any atom is 0.407 e. The Labute approximate surface area is 360 Å². The Morgan fingerprint density at radius 1 is 0.887 bits per heavy atom. The van der Waals surface area contributed by atoms with Crippen molar-refractivity contribution in [2.24, 2.45) is 11.8 Å². The molecule has 1 unspecified atom stereocenters. The van der Waals surface area contributed by atoms with Gasteiger partial charge in [-0.2, -0.15) is 0 Å². The predicted molar refractivity (Wildman–Crippen MR) is 232 cm³/mol. The number of rotatable bonds is 11. The van der Waals surface area contributed by atoms with Gasteiger partial charge in [0, 0.05) is 30.6 Å². The van der Waals surface area contributed by atoms with Crippen LogP contribution in [0.3, 0.4) is 0 Å². The zero-order valence-electron chi connectivity index (χ0n) is 36.5. The van der Waals surface area contributed by atoms with E-state index in [1.165, 1.54) is 21.3 Å². The van der Waals surface area contributed by atoms with E-state index in [0.29, 0.717) is 31.2 Å². The van der Waals surface area contributed by atoms with Crippen molar-refractivity contribution in [2.45, 2.75) is 103 Å². The Kier molecular flexibility index (Phi) is 11.9. The number of methoxy groups -OCH3 is 3. The van der Waals surface area contributed by atoms with Gasteiger partial charge in [0.15, 0.2) is 0 Å². The van der Waals surface area contributed by atoms with Crippen LogP contribution in [0, 0.1) is 11.8 Å². The van der Waals surface area contributed by atoms with Crippen LogP contribution >= 0.6 is 0 Å². The molecule has 2 saturated heterocycles. The van der Waals surface area contributed by atoms with Crippen molar-refractivity contribution in [3.8, 4) is 28.1 Å². The second kappa shape index (κ2) is 17.3. The third kappa shape index (κ3) is 7.80.